The first-order valence-electron chi connectivity index (χ1n) is 6.25. The molecule has 0 amide bonds. The van der Waals surface area contributed by atoms with E-state index in [1.807, 2.05) is 6.07 Å². The topological polar surface area (TPSA) is 78.7 Å². The molecule has 114 valence electrons. The van der Waals surface area contributed by atoms with Crippen molar-refractivity contribution in [3.8, 4) is 5.75 Å². The summed E-state index contributed by atoms with van der Waals surface area (Å²) in [5.74, 6) is -0.0410. The number of nitro benzene ring substituents is 1. The van der Waals surface area contributed by atoms with Crippen LogP contribution >= 0.6 is 15.9 Å². The number of rotatable bonds is 5. The Morgan fingerprint density at radius 2 is 2.05 bits per heavy atom. The van der Waals surface area contributed by atoms with Gasteiger partial charge in [-0.05, 0) is 24.3 Å². The largest absolute Gasteiger partial charge is 0.496 e. The van der Waals surface area contributed by atoms with Gasteiger partial charge in [0, 0.05) is 22.2 Å². The fraction of sp³-hybridized carbons (Fsp3) is 0.133. The van der Waals surface area contributed by atoms with Gasteiger partial charge in [-0.3, -0.25) is 10.1 Å². The third-order valence-electron chi connectivity index (χ3n) is 2.89. The van der Waals surface area contributed by atoms with Crippen LogP contribution in [0.2, 0.25) is 0 Å². The van der Waals surface area contributed by atoms with Crippen LogP contribution in [0.4, 0.5) is 5.69 Å². The minimum atomic E-state index is -0.634. The van der Waals surface area contributed by atoms with Crippen LogP contribution in [-0.2, 0) is 11.3 Å². The lowest BCUT2D eigenvalue weighted by Crippen LogP contribution is -2.06. The molecular weight excluding hydrogens is 354 g/mol. The lowest BCUT2D eigenvalue weighted by atomic mass is 10.2. The van der Waals surface area contributed by atoms with Gasteiger partial charge in [-0.25, -0.2) is 4.79 Å². The van der Waals surface area contributed by atoms with E-state index in [0.29, 0.717) is 11.3 Å². The molecule has 2 aromatic rings. The maximum Gasteiger partial charge on any atom is 0.338 e. The summed E-state index contributed by atoms with van der Waals surface area (Å²) in [7, 11) is 1.52. The van der Waals surface area contributed by atoms with E-state index >= 15 is 0 Å². The van der Waals surface area contributed by atoms with E-state index in [9.17, 15) is 14.9 Å². The van der Waals surface area contributed by atoms with Crippen molar-refractivity contribution in [1.82, 2.24) is 0 Å². The highest BCUT2D eigenvalue weighted by Gasteiger charge is 2.14. The standard InChI is InChI=1S/C15H12BrNO5/c1-21-14-6-5-12(16)7-11(14)9-22-15(18)10-3-2-4-13(8-10)17(19)20/h2-8H,9H2,1H3. The summed E-state index contributed by atoms with van der Waals surface area (Å²) >= 11 is 3.33. The number of carbonyl (C=O) groups is 1. The second-order valence-corrected chi connectivity index (χ2v) is 5.26. The van der Waals surface area contributed by atoms with Crippen molar-refractivity contribution in [2.75, 3.05) is 7.11 Å². The third kappa shape index (κ3) is 3.82. The van der Waals surface area contributed by atoms with Gasteiger partial charge in [-0.2, -0.15) is 0 Å². The SMILES string of the molecule is COc1ccc(Br)cc1COC(=O)c1cccc([N+](=O)[O-])c1. The summed E-state index contributed by atoms with van der Waals surface area (Å²) in [5.41, 5.74) is 0.660. The van der Waals surface area contributed by atoms with Crippen LogP contribution < -0.4 is 4.74 Å². The van der Waals surface area contributed by atoms with Crippen LogP contribution in [-0.4, -0.2) is 18.0 Å². The number of hydrogen-bond acceptors (Lipinski definition) is 5. The quantitative estimate of drug-likeness (QED) is 0.458. The van der Waals surface area contributed by atoms with Gasteiger partial charge in [0.25, 0.3) is 5.69 Å². The van der Waals surface area contributed by atoms with Crippen LogP contribution in [0.3, 0.4) is 0 Å². The molecular formula is C15H12BrNO5. The number of carbonyl (C=O) groups excluding carboxylic acids is 1. The number of benzene rings is 2. The molecule has 22 heavy (non-hydrogen) atoms. The molecule has 0 aliphatic heterocycles. The van der Waals surface area contributed by atoms with Gasteiger partial charge in [0.2, 0.25) is 0 Å². The molecule has 7 heteroatoms. The van der Waals surface area contributed by atoms with Gasteiger partial charge < -0.3 is 9.47 Å². The van der Waals surface area contributed by atoms with E-state index in [4.69, 9.17) is 9.47 Å². The molecule has 6 nitrogen and oxygen atoms in total. The third-order valence-corrected chi connectivity index (χ3v) is 3.39. The van der Waals surface area contributed by atoms with Gasteiger partial charge in [-0.15, -0.1) is 0 Å². The lowest BCUT2D eigenvalue weighted by Gasteiger charge is -2.10. The summed E-state index contributed by atoms with van der Waals surface area (Å²) in [6.07, 6.45) is 0. The minimum Gasteiger partial charge on any atom is -0.496 e. The van der Waals surface area contributed by atoms with E-state index in [-0.39, 0.29) is 17.9 Å². The number of methoxy groups -OCH3 is 1. The molecule has 0 heterocycles. The second kappa shape index (κ2) is 7.04. The van der Waals surface area contributed by atoms with Crippen molar-refractivity contribution < 1.29 is 19.2 Å². The molecule has 0 N–H and O–H groups in total. The lowest BCUT2D eigenvalue weighted by molar-refractivity contribution is -0.384. The first-order valence-corrected chi connectivity index (χ1v) is 7.04. The highest BCUT2D eigenvalue weighted by Crippen LogP contribution is 2.24. The summed E-state index contributed by atoms with van der Waals surface area (Å²) in [4.78, 5) is 22.1. The van der Waals surface area contributed by atoms with Gasteiger partial charge >= 0.3 is 5.97 Å². The number of halogens is 1. The Morgan fingerprint density at radius 1 is 1.27 bits per heavy atom. The van der Waals surface area contributed by atoms with E-state index < -0.39 is 10.9 Å². The molecule has 2 rings (SSSR count). The zero-order valence-electron chi connectivity index (χ0n) is 11.6. The van der Waals surface area contributed by atoms with Crippen molar-refractivity contribution in [3.05, 3.63) is 68.2 Å². The van der Waals surface area contributed by atoms with E-state index in [0.717, 1.165) is 4.47 Å². The van der Waals surface area contributed by atoms with Crippen LogP contribution in [0, 0.1) is 10.1 Å². The monoisotopic (exact) mass is 365 g/mol. The van der Waals surface area contributed by atoms with Crippen LogP contribution in [0.25, 0.3) is 0 Å². The normalized spacial score (nSPS) is 10.1. The summed E-state index contributed by atoms with van der Waals surface area (Å²) < 4.78 is 11.2. The maximum atomic E-state index is 12.0. The number of hydrogen-bond donors (Lipinski definition) is 0. The number of nitrogens with zero attached hydrogens (tertiary/aromatic N) is 1. The average Bonchev–Trinajstić information content (AvgIpc) is 2.52. The van der Waals surface area contributed by atoms with Gasteiger partial charge in [0.1, 0.15) is 12.4 Å². The van der Waals surface area contributed by atoms with Gasteiger partial charge in [0.05, 0.1) is 17.6 Å². The second-order valence-electron chi connectivity index (χ2n) is 4.34. The maximum absolute atomic E-state index is 12.0. The summed E-state index contributed by atoms with van der Waals surface area (Å²) in [6, 6.07) is 10.7. The predicted octanol–water partition coefficient (Wildman–Crippen LogP) is 3.72. The van der Waals surface area contributed by atoms with E-state index in [1.54, 1.807) is 12.1 Å². The molecule has 0 saturated carbocycles. The van der Waals surface area contributed by atoms with Crippen molar-refractivity contribution in [3.63, 3.8) is 0 Å². The molecule has 0 bridgehead atoms. The predicted molar refractivity (Wildman–Crippen MR) is 82.9 cm³/mol. The first-order chi connectivity index (χ1) is 10.5. The van der Waals surface area contributed by atoms with Crippen molar-refractivity contribution in [1.29, 1.82) is 0 Å². The average molecular weight is 366 g/mol. The minimum absolute atomic E-state index is 0.00411. The first kappa shape index (κ1) is 16.0. The van der Waals surface area contributed by atoms with E-state index in [2.05, 4.69) is 15.9 Å². The summed E-state index contributed by atoms with van der Waals surface area (Å²) in [6.45, 7) is 0.00411. The van der Waals surface area contributed by atoms with Crippen molar-refractivity contribution in [2.45, 2.75) is 6.61 Å². The molecule has 0 aromatic heterocycles. The highest BCUT2D eigenvalue weighted by molar-refractivity contribution is 9.10. The fourth-order valence-corrected chi connectivity index (χ4v) is 2.24. The Kier molecular flexibility index (Phi) is 5.11. The van der Waals surface area contributed by atoms with Crippen LogP contribution in [0.5, 0.6) is 5.75 Å². The highest BCUT2D eigenvalue weighted by atomic mass is 79.9. The number of nitro groups is 1. The number of non-ortho nitro benzene ring substituents is 1. The fourth-order valence-electron chi connectivity index (χ4n) is 1.83. The molecule has 0 aliphatic rings. The molecule has 2 aromatic carbocycles. The molecule has 0 atom stereocenters. The molecule has 0 aliphatic carbocycles. The molecule has 0 saturated heterocycles. The zero-order valence-corrected chi connectivity index (χ0v) is 13.2. The van der Waals surface area contributed by atoms with Gasteiger partial charge in [-0.1, -0.05) is 22.0 Å². The zero-order chi connectivity index (χ0) is 16.1. The number of ether oxygens (including phenoxy) is 2. The Balaban J connectivity index is 2.12. The molecule has 0 radical (unpaired) electrons. The Hall–Kier alpha value is -2.41. The van der Waals surface area contributed by atoms with Crippen LogP contribution in [0.1, 0.15) is 15.9 Å². The molecule has 0 spiro atoms. The Bertz CT molecular complexity index is 717. The van der Waals surface area contributed by atoms with Gasteiger partial charge in [0.15, 0.2) is 0 Å². The van der Waals surface area contributed by atoms with Crippen LogP contribution in [0.15, 0.2) is 46.9 Å². The Morgan fingerprint density at radius 3 is 2.73 bits per heavy atom. The molecule has 0 fully saturated rings. The molecule has 0 unspecified atom stereocenters. The number of esters is 1. The van der Waals surface area contributed by atoms with Crippen molar-refractivity contribution >= 4 is 27.6 Å². The summed E-state index contributed by atoms with van der Waals surface area (Å²) in [5, 5.41) is 10.7. The Labute approximate surface area is 134 Å². The van der Waals surface area contributed by atoms with Crippen molar-refractivity contribution in [2.24, 2.45) is 0 Å². The van der Waals surface area contributed by atoms with E-state index in [1.165, 1.54) is 31.4 Å². The smallest absolute Gasteiger partial charge is 0.338 e.